The van der Waals surface area contributed by atoms with Gasteiger partial charge in [0.25, 0.3) is 5.91 Å². The van der Waals surface area contributed by atoms with E-state index in [0.29, 0.717) is 43.4 Å². The van der Waals surface area contributed by atoms with E-state index in [1.165, 1.54) is 6.08 Å². The molecule has 0 fully saturated rings. The first-order valence-corrected chi connectivity index (χ1v) is 10.1. The molecule has 0 unspecified atom stereocenters. The molecule has 0 radical (unpaired) electrons. The lowest BCUT2D eigenvalue weighted by molar-refractivity contribution is -0.148. The van der Waals surface area contributed by atoms with E-state index in [4.69, 9.17) is 18.9 Å². The summed E-state index contributed by atoms with van der Waals surface area (Å²) in [6.45, 7) is 3.10. The highest BCUT2D eigenvalue weighted by Crippen LogP contribution is 2.33. The van der Waals surface area contributed by atoms with E-state index >= 15 is 0 Å². The molecule has 1 heterocycles. The fraction of sp³-hybridized carbons (Fsp3) is 0.333. The standard InChI is InChI=1S/C24H27NO6/c1-4-30-20-8-6-5-7-17(20)9-10-24(27)31-16-23(26)25-12-11-18-13-21(28-2)22(29-3)14-19(18)15-25/h5-10,13-14H,4,11-12,15-16H2,1-3H3/b10-9+. The number of esters is 1. The fourth-order valence-corrected chi connectivity index (χ4v) is 3.43. The molecular weight excluding hydrogens is 398 g/mol. The van der Waals surface area contributed by atoms with E-state index < -0.39 is 5.97 Å². The minimum atomic E-state index is -0.580. The SMILES string of the molecule is CCOc1ccccc1/C=C/C(=O)OCC(=O)N1CCc2cc(OC)c(OC)cc2C1. The van der Waals surface area contributed by atoms with E-state index in [1.807, 2.05) is 43.3 Å². The molecule has 0 atom stereocenters. The zero-order chi connectivity index (χ0) is 22.2. The Morgan fingerprint density at radius 3 is 2.45 bits per heavy atom. The zero-order valence-electron chi connectivity index (χ0n) is 18.1. The predicted octanol–water partition coefficient (Wildman–Crippen LogP) is 3.24. The van der Waals surface area contributed by atoms with E-state index in [9.17, 15) is 9.59 Å². The third-order valence-electron chi connectivity index (χ3n) is 5.03. The topological polar surface area (TPSA) is 74.3 Å². The molecule has 31 heavy (non-hydrogen) atoms. The molecule has 0 saturated heterocycles. The fourth-order valence-electron chi connectivity index (χ4n) is 3.43. The normalized spacial score (nSPS) is 12.9. The number of hydrogen-bond acceptors (Lipinski definition) is 6. The first-order chi connectivity index (χ1) is 15.0. The van der Waals surface area contributed by atoms with Gasteiger partial charge in [0.1, 0.15) is 5.75 Å². The smallest absolute Gasteiger partial charge is 0.331 e. The van der Waals surface area contributed by atoms with Crippen molar-refractivity contribution in [3.8, 4) is 17.2 Å². The molecule has 0 saturated carbocycles. The van der Waals surface area contributed by atoms with E-state index in [1.54, 1.807) is 25.2 Å². The maximum Gasteiger partial charge on any atom is 0.331 e. The van der Waals surface area contributed by atoms with Crippen molar-refractivity contribution in [1.29, 1.82) is 0 Å². The molecule has 1 aliphatic heterocycles. The lowest BCUT2D eigenvalue weighted by Gasteiger charge is -2.29. The molecule has 0 spiro atoms. The summed E-state index contributed by atoms with van der Waals surface area (Å²) in [4.78, 5) is 26.3. The minimum Gasteiger partial charge on any atom is -0.493 e. The van der Waals surface area contributed by atoms with Gasteiger partial charge in [-0.25, -0.2) is 4.79 Å². The van der Waals surface area contributed by atoms with Crippen LogP contribution in [-0.4, -0.2) is 50.8 Å². The number of nitrogens with zero attached hydrogens (tertiary/aromatic N) is 1. The largest absolute Gasteiger partial charge is 0.493 e. The van der Waals surface area contributed by atoms with Crippen molar-refractivity contribution in [3.63, 3.8) is 0 Å². The lowest BCUT2D eigenvalue weighted by Crippen LogP contribution is -2.38. The second-order valence-corrected chi connectivity index (χ2v) is 6.95. The van der Waals surface area contributed by atoms with Gasteiger partial charge in [0.2, 0.25) is 0 Å². The minimum absolute atomic E-state index is 0.239. The molecule has 0 N–H and O–H groups in total. The molecule has 7 nitrogen and oxygen atoms in total. The molecular formula is C24H27NO6. The number of fused-ring (bicyclic) bond motifs is 1. The molecule has 2 aromatic rings. The van der Waals surface area contributed by atoms with Crippen LogP contribution >= 0.6 is 0 Å². The maximum atomic E-state index is 12.6. The van der Waals surface area contributed by atoms with Crippen LogP contribution in [0.2, 0.25) is 0 Å². The van der Waals surface area contributed by atoms with Gasteiger partial charge in [-0.1, -0.05) is 18.2 Å². The Hall–Kier alpha value is -3.48. The maximum absolute atomic E-state index is 12.6. The van der Waals surface area contributed by atoms with Gasteiger partial charge in [-0.2, -0.15) is 0 Å². The quantitative estimate of drug-likeness (QED) is 0.478. The van der Waals surface area contributed by atoms with Gasteiger partial charge < -0.3 is 23.8 Å². The summed E-state index contributed by atoms with van der Waals surface area (Å²) in [6, 6.07) is 11.2. The van der Waals surface area contributed by atoms with E-state index in [0.717, 1.165) is 16.7 Å². The van der Waals surface area contributed by atoms with Gasteiger partial charge in [-0.3, -0.25) is 4.79 Å². The molecule has 3 rings (SSSR count). The summed E-state index contributed by atoms with van der Waals surface area (Å²) >= 11 is 0. The molecule has 164 valence electrons. The summed E-state index contributed by atoms with van der Waals surface area (Å²) in [5.41, 5.74) is 2.88. The second-order valence-electron chi connectivity index (χ2n) is 6.95. The first kappa shape index (κ1) is 22.2. The predicted molar refractivity (Wildman–Crippen MR) is 116 cm³/mol. The number of carbonyl (C=O) groups excluding carboxylic acids is 2. The molecule has 0 aliphatic carbocycles. The van der Waals surface area contributed by atoms with Crippen molar-refractivity contribution >= 4 is 18.0 Å². The monoisotopic (exact) mass is 425 g/mol. The summed E-state index contributed by atoms with van der Waals surface area (Å²) in [5, 5.41) is 0. The third-order valence-corrected chi connectivity index (χ3v) is 5.03. The number of ether oxygens (including phenoxy) is 4. The van der Waals surface area contributed by atoms with Crippen LogP contribution in [-0.2, 0) is 27.3 Å². The zero-order valence-corrected chi connectivity index (χ0v) is 18.1. The molecule has 1 amide bonds. The van der Waals surface area contributed by atoms with Crippen LogP contribution in [0.25, 0.3) is 6.08 Å². The van der Waals surface area contributed by atoms with Gasteiger partial charge >= 0.3 is 5.97 Å². The first-order valence-electron chi connectivity index (χ1n) is 10.1. The average molecular weight is 425 g/mol. The van der Waals surface area contributed by atoms with Gasteiger partial charge in [-0.05, 0) is 48.7 Å². The second kappa shape index (κ2) is 10.5. The third kappa shape index (κ3) is 5.57. The van der Waals surface area contributed by atoms with Crippen LogP contribution in [0.1, 0.15) is 23.6 Å². The van der Waals surface area contributed by atoms with Crippen LogP contribution < -0.4 is 14.2 Å². The number of rotatable bonds is 8. The summed E-state index contributed by atoms with van der Waals surface area (Å²) in [7, 11) is 3.18. The Labute approximate surface area is 182 Å². The van der Waals surface area contributed by atoms with Gasteiger partial charge in [0.15, 0.2) is 18.1 Å². The number of carbonyl (C=O) groups is 2. The molecule has 2 aromatic carbocycles. The number of hydrogen-bond donors (Lipinski definition) is 0. The Bertz CT molecular complexity index is 969. The Morgan fingerprint density at radius 1 is 1.03 bits per heavy atom. The Kier molecular flexibility index (Phi) is 7.54. The van der Waals surface area contributed by atoms with Crippen LogP contribution in [0, 0.1) is 0 Å². The molecule has 1 aliphatic rings. The van der Waals surface area contributed by atoms with Crippen molar-refractivity contribution in [2.24, 2.45) is 0 Å². The summed E-state index contributed by atoms with van der Waals surface area (Å²) in [5.74, 6) is 1.16. The molecule has 7 heteroatoms. The highest BCUT2D eigenvalue weighted by Gasteiger charge is 2.23. The van der Waals surface area contributed by atoms with Gasteiger partial charge in [-0.15, -0.1) is 0 Å². The van der Waals surface area contributed by atoms with E-state index in [2.05, 4.69) is 0 Å². The van der Waals surface area contributed by atoms with Crippen LogP contribution in [0.3, 0.4) is 0 Å². The lowest BCUT2D eigenvalue weighted by atomic mass is 9.99. The molecule has 0 aromatic heterocycles. The van der Waals surface area contributed by atoms with Crippen LogP contribution in [0.4, 0.5) is 0 Å². The van der Waals surface area contributed by atoms with Gasteiger partial charge in [0.05, 0.1) is 20.8 Å². The highest BCUT2D eigenvalue weighted by molar-refractivity contribution is 5.89. The van der Waals surface area contributed by atoms with Crippen molar-refractivity contribution in [3.05, 3.63) is 59.2 Å². The Morgan fingerprint density at radius 2 is 1.74 bits per heavy atom. The van der Waals surface area contributed by atoms with E-state index in [-0.39, 0.29) is 12.5 Å². The van der Waals surface area contributed by atoms with Gasteiger partial charge in [0, 0.05) is 24.7 Å². The van der Waals surface area contributed by atoms with Crippen molar-refractivity contribution in [1.82, 2.24) is 4.90 Å². The molecule has 0 bridgehead atoms. The number of amides is 1. The number of benzene rings is 2. The highest BCUT2D eigenvalue weighted by atomic mass is 16.5. The average Bonchev–Trinajstić information content (AvgIpc) is 2.80. The number of para-hydroxylation sites is 1. The Balaban J connectivity index is 1.56. The van der Waals surface area contributed by atoms with Crippen LogP contribution in [0.5, 0.6) is 17.2 Å². The van der Waals surface area contributed by atoms with Crippen molar-refractivity contribution in [2.45, 2.75) is 19.9 Å². The van der Waals surface area contributed by atoms with Crippen LogP contribution in [0.15, 0.2) is 42.5 Å². The summed E-state index contributed by atoms with van der Waals surface area (Å²) < 4.78 is 21.4. The summed E-state index contributed by atoms with van der Waals surface area (Å²) in [6.07, 6.45) is 3.62. The van der Waals surface area contributed by atoms with Crippen molar-refractivity contribution < 1.29 is 28.5 Å². The number of methoxy groups -OCH3 is 2. The van der Waals surface area contributed by atoms with Crippen molar-refractivity contribution in [2.75, 3.05) is 34.0 Å².